The summed E-state index contributed by atoms with van der Waals surface area (Å²) in [5.74, 6) is -5.64. The van der Waals surface area contributed by atoms with Crippen LogP contribution >= 0.6 is 0 Å². The lowest BCUT2D eigenvalue weighted by atomic mass is 10.1. The molecule has 1 aromatic rings. The van der Waals surface area contributed by atoms with Gasteiger partial charge in [0.15, 0.2) is 17.5 Å². The zero-order valence-corrected chi connectivity index (χ0v) is 11.2. The molecule has 20 heavy (non-hydrogen) atoms. The second-order valence-corrected chi connectivity index (χ2v) is 4.03. The fourth-order valence-corrected chi connectivity index (χ4v) is 1.62. The first-order valence-corrected chi connectivity index (χ1v) is 6.11. The van der Waals surface area contributed by atoms with E-state index in [9.17, 15) is 22.8 Å². The number of hydrogen-bond donors (Lipinski definition) is 1. The molecule has 0 radical (unpaired) electrons. The largest absolute Gasteiger partial charge is 0.355 e. The molecule has 0 fully saturated rings. The van der Waals surface area contributed by atoms with Crippen molar-refractivity contribution < 1.29 is 22.8 Å². The Morgan fingerprint density at radius 1 is 1.15 bits per heavy atom. The zero-order chi connectivity index (χ0) is 15.3. The maximum atomic E-state index is 13.1. The Balaban J connectivity index is 2.94. The van der Waals surface area contributed by atoms with Gasteiger partial charge in [-0.3, -0.25) is 9.59 Å². The van der Waals surface area contributed by atoms with E-state index in [1.165, 1.54) is 0 Å². The van der Waals surface area contributed by atoms with Crippen molar-refractivity contribution in [3.05, 3.63) is 35.1 Å². The number of hydrogen-bond acceptors (Lipinski definition) is 2. The molecule has 1 aromatic carbocycles. The van der Waals surface area contributed by atoms with Crippen LogP contribution in [0.4, 0.5) is 13.2 Å². The highest BCUT2D eigenvalue weighted by molar-refractivity contribution is 5.96. The Bertz CT molecular complexity index is 497. The summed E-state index contributed by atoms with van der Waals surface area (Å²) in [4.78, 5) is 24.6. The van der Waals surface area contributed by atoms with E-state index in [1.807, 2.05) is 0 Å². The molecule has 7 heteroatoms. The van der Waals surface area contributed by atoms with Gasteiger partial charge < -0.3 is 10.2 Å². The summed E-state index contributed by atoms with van der Waals surface area (Å²) in [7, 11) is 0. The Morgan fingerprint density at radius 3 is 2.15 bits per heavy atom. The maximum Gasteiger partial charge on any atom is 0.254 e. The lowest BCUT2D eigenvalue weighted by molar-refractivity contribution is -0.121. The molecule has 0 saturated heterocycles. The maximum absolute atomic E-state index is 13.1. The molecule has 1 rings (SSSR count). The third-order valence-electron chi connectivity index (χ3n) is 2.61. The van der Waals surface area contributed by atoms with Crippen LogP contribution in [0.25, 0.3) is 0 Å². The van der Waals surface area contributed by atoms with Crippen molar-refractivity contribution >= 4 is 11.8 Å². The van der Waals surface area contributed by atoms with Gasteiger partial charge >= 0.3 is 0 Å². The van der Waals surface area contributed by atoms with Gasteiger partial charge in [0.25, 0.3) is 5.91 Å². The normalized spacial score (nSPS) is 10.2. The summed E-state index contributed by atoms with van der Waals surface area (Å²) in [6, 6.07) is 1.22. The minimum Gasteiger partial charge on any atom is -0.355 e. The number of rotatable bonds is 5. The summed E-state index contributed by atoms with van der Waals surface area (Å²) in [6.07, 6.45) is 0. The van der Waals surface area contributed by atoms with Gasteiger partial charge in [0, 0.05) is 18.7 Å². The predicted molar refractivity (Wildman–Crippen MR) is 66.6 cm³/mol. The number of carbonyl (C=O) groups is 2. The van der Waals surface area contributed by atoms with Crippen LogP contribution in [-0.2, 0) is 4.79 Å². The van der Waals surface area contributed by atoms with Crippen molar-refractivity contribution in [3.8, 4) is 0 Å². The number of amides is 2. The lowest BCUT2D eigenvalue weighted by Gasteiger charge is -2.20. The third-order valence-corrected chi connectivity index (χ3v) is 2.61. The summed E-state index contributed by atoms with van der Waals surface area (Å²) >= 11 is 0. The molecule has 2 amide bonds. The van der Waals surface area contributed by atoms with Gasteiger partial charge in [-0.05, 0) is 26.0 Å². The van der Waals surface area contributed by atoms with E-state index in [2.05, 4.69) is 5.32 Å². The summed E-state index contributed by atoms with van der Waals surface area (Å²) in [5.41, 5.74) is -0.340. The summed E-state index contributed by atoms with van der Waals surface area (Å²) in [5, 5.41) is 2.51. The van der Waals surface area contributed by atoms with E-state index in [1.54, 1.807) is 13.8 Å². The molecule has 0 aromatic heterocycles. The van der Waals surface area contributed by atoms with Gasteiger partial charge in [0.1, 0.15) is 0 Å². The van der Waals surface area contributed by atoms with E-state index in [0.29, 0.717) is 18.7 Å². The predicted octanol–water partition coefficient (Wildman–Crippen LogP) is 1.70. The third kappa shape index (κ3) is 3.72. The van der Waals surface area contributed by atoms with Crippen LogP contribution in [0.5, 0.6) is 0 Å². The number of nitrogens with zero attached hydrogens (tertiary/aromatic N) is 1. The van der Waals surface area contributed by atoms with Crippen molar-refractivity contribution in [2.24, 2.45) is 0 Å². The minimum atomic E-state index is -1.63. The van der Waals surface area contributed by atoms with Crippen LogP contribution in [0.2, 0.25) is 0 Å². The Kier molecular flexibility index (Phi) is 5.54. The van der Waals surface area contributed by atoms with Crippen LogP contribution in [0.15, 0.2) is 12.1 Å². The van der Waals surface area contributed by atoms with Crippen LogP contribution in [0.3, 0.4) is 0 Å². The molecule has 0 saturated carbocycles. The molecule has 0 atom stereocenters. The topological polar surface area (TPSA) is 49.4 Å². The molecule has 0 heterocycles. The van der Waals surface area contributed by atoms with Crippen LogP contribution < -0.4 is 5.32 Å². The van der Waals surface area contributed by atoms with E-state index < -0.39 is 23.4 Å². The fourth-order valence-electron chi connectivity index (χ4n) is 1.62. The van der Waals surface area contributed by atoms with E-state index in [4.69, 9.17) is 0 Å². The monoisotopic (exact) mass is 288 g/mol. The van der Waals surface area contributed by atoms with Gasteiger partial charge in [-0.15, -0.1) is 0 Å². The molecule has 0 bridgehead atoms. The molecule has 1 N–H and O–H groups in total. The second-order valence-electron chi connectivity index (χ2n) is 4.03. The molecular weight excluding hydrogens is 273 g/mol. The Hall–Kier alpha value is -2.05. The van der Waals surface area contributed by atoms with Crippen molar-refractivity contribution in [1.29, 1.82) is 0 Å². The molecule has 0 aliphatic rings. The lowest BCUT2D eigenvalue weighted by Crippen LogP contribution is -2.40. The molecule has 4 nitrogen and oxygen atoms in total. The summed E-state index contributed by atoms with van der Waals surface area (Å²) in [6.45, 7) is 3.69. The Morgan fingerprint density at radius 2 is 1.70 bits per heavy atom. The smallest absolute Gasteiger partial charge is 0.254 e. The zero-order valence-electron chi connectivity index (χ0n) is 11.2. The first-order valence-electron chi connectivity index (χ1n) is 6.11. The number of likely N-dealkylation sites (N-methyl/N-ethyl adjacent to an activating group) is 2. The highest BCUT2D eigenvalue weighted by Crippen LogP contribution is 2.15. The number of nitrogens with one attached hydrogen (secondary N) is 1. The fraction of sp³-hybridized carbons (Fsp3) is 0.385. The minimum absolute atomic E-state index is 0.177. The second kappa shape index (κ2) is 6.93. The van der Waals surface area contributed by atoms with Gasteiger partial charge in [-0.25, -0.2) is 13.2 Å². The van der Waals surface area contributed by atoms with Crippen LogP contribution in [0, 0.1) is 17.5 Å². The van der Waals surface area contributed by atoms with Crippen LogP contribution in [-0.4, -0.2) is 36.3 Å². The van der Waals surface area contributed by atoms with Gasteiger partial charge in [-0.1, -0.05) is 0 Å². The van der Waals surface area contributed by atoms with E-state index in [0.717, 1.165) is 4.90 Å². The van der Waals surface area contributed by atoms with Gasteiger partial charge in [0.2, 0.25) is 5.91 Å². The standard InChI is InChI=1S/C13H15F3N2O2/c1-3-17-11(19)7-18(4-2)13(20)8-5-9(14)12(16)10(15)6-8/h5-6H,3-4,7H2,1-2H3,(H,17,19). The molecule has 0 aliphatic carbocycles. The average molecular weight is 288 g/mol. The number of benzene rings is 1. The van der Waals surface area contributed by atoms with Gasteiger partial charge in [0.05, 0.1) is 6.54 Å². The molecular formula is C13H15F3N2O2. The number of carbonyl (C=O) groups excluding carboxylic acids is 2. The first kappa shape index (κ1) is 16.0. The first-order chi connectivity index (χ1) is 9.40. The highest BCUT2D eigenvalue weighted by atomic mass is 19.2. The quantitative estimate of drug-likeness (QED) is 0.838. The van der Waals surface area contributed by atoms with E-state index >= 15 is 0 Å². The number of halogens is 3. The molecule has 0 spiro atoms. The molecule has 0 unspecified atom stereocenters. The van der Waals surface area contributed by atoms with Crippen molar-refractivity contribution in [2.75, 3.05) is 19.6 Å². The molecule has 0 aliphatic heterocycles. The van der Waals surface area contributed by atoms with Crippen molar-refractivity contribution in [2.45, 2.75) is 13.8 Å². The van der Waals surface area contributed by atoms with Crippen LogP contribution in [0.1, 0.15) is 24.2 Å². The average Bonchev–Trinajstić information content (AvgIpc) is 2.41. The summed E-state index contributed by atoms with van der Waals surface area (Å²) < 4.78 is 39.0. The SMILES string of the molecule is CCNC(=O)CN(CC)C(=O)c1cc(F)c(F)c(F)c1. The Labute approximate surface area is 114 Å². The highest BCUT2D eigenvalue weighted by Gasteiger charge is 2.20. The molecule has 110 valence electrons. The van der Waals surface area contributed by atoms with Crippen molar-refractivity contribution in [1.82, 2.24) is 10.2 Å². The van der Waals surface area contributed by atoms with Crippen molar-refractivity contribution in [3.63, 3.8) is 0 Å². The van der Waals surface area contributed by atoms with E-state index in [-0.39, 0.29) is 24.6 Å². The van der Waals surface area contributed by atoms with Gasteiger partial charge in [-0.2, -0.15) is 0 Å².